The van der Waals surface area contributed by atoms with Gasteiger partial charge in [0.15, 0.2) is 0 Å². The smallest absolute Gasteiger partial charge is 0.291 e. The summed E-state index contributed by atoms with van der Waals surface area (Å²) in [6.45, 7) is 4.42. The number of amides is 1. The van der Waals surface area contributed by atoms with E-state index in [-0.39, 0.29) is 17.8 Å². The third-order valence-corrected chi connectivity index (χ3v) is 4.35. The molecule has 2 atom stereocenters. The summed E-state index contributed by atoms with van der Waals surface area (Å²) >= 11 is 0. The predicted molar refractivity (Wildman–Crippen MR) is 82.5 cm³/mol. The molecule has 0 aliphatic heterocycles. The van der Waals surface area contributed by atoms with Crippen LogP contribution < -0.4 is 11.1 Å². The maximum absolute atomic E-state index is 12.4. The number of aromatic nitrogens is 4. The molecule has 1 aliphatic rings. The van der Waals surface area contributed by atoms with Crippen molar-refractivity contribution in [1.29, 1.82) is 0 Å². The van der Waals surface area contributed by atoms with Crippen molar-refractivity contribution in [2.24, 2.45) is 11.7 Å². The zero-order valence-corrected chi connectivity index (χ0v) is 13.0. The van der Waals surface area contributed by atoms with Crippen LogP contribution in [-0.4, -0.2) is 38.1 Å². The first-order valence-corrected chi connectivity index (χ1v) is 7.80. The number of hydrogen-bond donors (Lipinski definition) is 2. The third-order valence-electron chi connectivity index (χ3n) is 4.35. The molecule has 2 heterocycles. The zero-order valence-electron chi connectivity index (χ0n) is 13.0. The number of aryl methyl sites for hydroxylation is 2. The Balaban J connectivity index is 1.81. The van der Waals surface area contributed by atoms with Gasteiger partial charge in [0.05, 0.1) is 0 Å². The molecular weight excluding hydrogens is 280 g/mol. The van der Waals surface area contributed by atoms with Gasteiger partial charge in [0.25, 0.3) is 11.7 Å². The monoisotopic (exact) mass is 302 g/mol. The number of carbonyl (C=O) groups is 1. The summed E-state index contributed by atoms with van der Waals surface area (Å²) in [5.74, 6) is 0.731. The molecule has 1 aliphatic carbocycles. The summed E-state index contributed by atoms with van der Waals surface area (Å²) in [6, 6.07) is 2.03. The van der Waals surface area contributed by atoms with E-state index >= 15 is 0 Å². The molecule has 1 fully saturated rings. The second kappa shape index (κ2) is 6.00. The van der Waals surface area contributed by atoms with E-state index in [0.29, 0.717) is 18.2 Å². The fraction of sp³-hybridized carbons (Fsp3) is 0.600. The van der Waals surface area contributed by atoms with Crippen molar-refractivity contribution in [3.8, 4) is 0 Å². The van der Waals surface area contributed by atoms with Crippen LogP contribution in [0, 0.1) is 19.8 Å². The lowest BCUT2D eigenvalue weighted by Crippen LogP contribution is -2.45. The van der Waals surface area contributed by atoms with Crippen molar-refractivity contribution >= 4 is 11.7 Å². The fourth-order valence-electron chi connectivity index (χ4n) is 3.18. The molecule has 1 amide bonds. The summed E-state index contributed by atoms with van der Waals surface area (Å²) in [6.07, 6.45) is 4.35. The highest BCUT2D eigenvalue weighted by Crippen LogP contribution is 2.23. The lowest BCUT2D eigenvalue weighted by molar-refractivity contribution is 0.0897. The van der Waals surface area contributed by atoms with E-state index in [1.165, 1.54) is 6.42 Å². The Morgan fingerprint density at radius 2 is 2.14 bits per heavy atom. The van der Waals surface area contributed by atoms with Crippen molar-refractivity contribution in [2.45, 2.75) is 45.6 Å². The summed E-state index contributed by atoms with van der Waals surface area (Å²) < 4.78 is 1.60. The van der Waals surface area contributed by atoms with E-state index in [1.54, 1.807) is 4.52 Å². The molecule has 7 nitrogen and oxygen atoms in total. The number of rotatable bonds is 3. The van der Waals surface area contributed by atoms with Gasteiger partial charge in [0, 0.05) is 17.4 Å². The minimum atomic E-state index is -0.243. The minimum Gasteiger partial charge on any atom is -0.346 e. The van der Waals surface area contributed by atoms with E-state index in [1.807, 2.05) is 19.9 Å². The first kappa shape index (κ1) is 14.9. The average Bonchev–Trinajstić information content (AvgIpc) is 2.92. The Morgan fingerprint density at radius 1 is 1.36 bits per heavy atom. The van der Waals surface area contributed by atoms with E-state index in [9.17, 15) is 4.79 Å². The van der Waals surface area contributed by atoms with Gasteiger partial charge in [-0.05, 0) is 45.2 Å². The molecule has 0 bridgehead atoms. The van der Waals surface area contributed by atoms with Gasteiger partial charge in [-0.15, -0.1) is 5.10 Å². The van der Waals surface area contributed by atoms with Crippen LogP contribution in [0.3, 0.4) is 0 Å². The summed E-state index contributed by atoms with van der Waals surface area (Å²) in [5.41, 5.74) is 7.58. The second-order valence-corrected chi connectivity index (χ2v) is 6.05. The molecule has 3 N–H and O–H groups in total. The van der Waals surface area contributed by atoms with Gasteiger partial charge >= 0.3 is 0 Å². The molecule has 0 aromatic carbocycles. The highest BCUT2D eigenvalue weighted by molar-refractivity contribution is 5.91. The Hall–Kier alpha value is -2.02. The molecule has 7 heteroatoms. The highest BCUT2D eigenvalue weighted by Gasteiger charge is 2.27. The molecule has 2 aromatic heterocycles. The van der Waals surface area contributed by atoms with E-state index < -0.39 is 0 Å². The maximum Gasteiger partial charge on any atom is 0.291 e. The van der Waals surface area contributed by atoms with E-state index in [4.69, 9.17) is 5.73 Å². The molecule has 0 radical (unpaired) electrons. The summed E-state index contributed by atoms with van der Waals surface area (Å²) in [7, 11) is 0. The van der Waals surface area contributed by atoms with Crippen molar-refractivity contribution in [3.05, 3.63) is 23.3 Å². The first-order chi connectivity index (χ1) is 10.6. The van der Waals surface area contributed by atoms with E-state index in [2.05, 4.69) is 20.4 Å². The Bertz CT molecular complexity index is 695. The molecule has 0 spiro atoms. The van der Waals surface area contributed by atoms with Gasteiger partial charge in [-0.3, -0.25) is 4.79 Å². The SMILES string of the molecule is Cc1cc(C)n2nc(C(=O)NC3CCCCC3CN)nc2n1. The topological polar surface area (TPSA) is 98.2 Å². The third kappa shape index (κ3) is 2.81. The fourth-order valence-corrected chi connectivity index (χ4v) is 3.18. The minimum absolute atomic E-state index is 0.119. The molecule has 1 saturated carbocycles. The average molecular weight is 302 g/mol. The molecule has 0 saturated heterocycles. The maximum atomic E-state index is 12.4. The van der Waals surface area contributed by atoms with Crippen LogP contribution in [0.5, 0.6) is 0 Å². The normalized spacial score (nSPS) is 22.0. The summed E-state index contributed by atoms with van der Waals surface area (Å²) in [4.78, 5) is 21.0. The second-order valence-electron chi connectivity index (χ2n) is 6.05. The van der Waals surface area contributed by atoms with Crippen molar-refractivity contribution in [3.63, 3.8) is 0 Å². The lowest BCUT2D eigenvalue weighted by atomic mass is 9.84. The predicted octanol–water partition coefficient (Wildman–Crippen LogP) is 0.988. The van der Waals surface area contributed by atoms with Gasteiger partial charge in [0.1, 0.15) is 0 Å². The van der Waals surface area contributed by atoms with Crippen molar-refractivity contribution in [2.75, 3.05) is 6.54 Å². The number of fused-ring (bicyclic) bond motifs is 1. The van der Waals surface area contributed by atoms with Crippen LogP contribution in [0.2, 0.25) is 0 Å². The van der Waals surface area contributed by atoms with Gasteiger partial charge in [-0.25, -0.2) is 9.50 Å². The lowest BCUT2D eigenvalue weighted by Gasteiger charge is -2.30. The van der Waals surface area contributed by atoms with Crippen molar-refractivity contribution < 1.29 is 4.79 Å². The number of nitrogens with one attached hydrogen (secondary N) is 1. The van der Waals surface area contributed by atoms with Gasteiger partial charge in [0.2, 0.25) is 5.82 Å². The van der Waals surface area contributed by atoms with Crippen LogP contribution >= 0.6 is 0 Å². The van der Waals surface area contributed by atoms with Gasteiger partial charge in [-0.1, -0.05) is 12.8 Å². The quantitative estimate of drug-likeness (QED) is 0.881. The Morgan fingerprint density at radius 3 is 2.91 bits per heavy atom. The standard InChI is InChI=1S/C15H22N6O/c1-9-7-10(2)21-15(17-9)19-13(20-21)14(22)18-12-6-4-3-5-11(12)8-16/h7,11-12H,3-6,8,16H2,1-2H3,(H,18,22). The Labute approximate surface area is 129 Å². The van der Waals surface area contributed by atoms with Crippen LogP contribution in [0.25, 0.3) is 5.78 Å². The van der Waals surface area contributed by atoms with Gasteiger partial charge in [-0.2, -0.15) is 4.98 Å². The van der Waals surface area contributed by atoms with Crippen LogP contribution in [0.15, 0.2) is 6.07 Å². The molecule has 118 valence electrons. The zero-order chi connectivity index (χ0) is 15.7. The Kier molecular flexibility index (Phi) is 4.06. The summed E-state index contributed by atoms with van der Waals surface area (Å²) in [5, 5.41) is 7.32. The molecule has 22 heavy (non-hydrogen) atoms. The van der Waals surface area contributed by atoms with Crippen LogP contribution in [0.4, 0.5) is 0 Å². The number of carbonyl (C=O) groups excluding carboxylic acids is 1. The van der Waals surface area contributed by atoms with Gasteiger partial charge < -0.3 is 11.1 Å². The molecule has 2 unspecified atom stereocenters. The number of nitrogens with zero attached hydrogens (tertiary/aromatic N) is 4. The molecule has 3 rings (SSSR count). The highest BCUT2D eigenvalue weighted by atomic mass is 16.2. The van der Waals surface area contributed by atoms with Crippen molar-refractivity contribution in [1.82, 2.24) is 24.9 Å². The molecule has 2 aromatic rings. The first-order valence-electron chi connectivity index (χ1n) is 7.80. The van der Waals surface area contributed by atoms with Crippen LogP contribution in [-0.2, 0) is 0 Å². The van der Waals surface area contributed by atoms with Crippen LogP contribution in [0.1, 0.15) is 47.7 Å². The largest absolute Gasteiger partial charge is 0.346 e. The number of hydrogen-bond acceptors (Lipinski definition) is 5. The van der Waals surface area contributed by atoms with E-state index in [0.717, 1.165) is 30.7 Å². The molecular formula is C15H22N6O. The number of nitrogens with two attached hydrogens (primary N) is 1.